The lowest BCUT2D eigenvalue weighted by atomic mass is 10.0. The second-order valence-corrected chi connectivity index (χ2v) is 3.85. The Morgan fingerprint density at radius 2 is 1.76 bits per heavy atom. The number of nitrogens with two attached hydrogens (primary N) is 2. The summed E-state index contributed by atoms with van der Waals surface area (Å²) in [5, 5.41) is 0. The van der Waals surface area contributed by atoms with Gasteiger partial charge in [0.25, 0.3) is 0 Å². The van der Waals surface area contributed by atoms with Crippen LogP contribution < -0.4 is 16.2 Å². The van der Waals surface area contributed by atoms with Gasteiger partial charge in [-0.3, -0.25) is 0 Å². The summed E-state index contributed by atoms with van der Waals surface area (Å²) in [5.74, 6) is 0.803. The van der Waals surface area contributed by atoms with E-state index in [-0.39, 0.29) is 0 Å². The van der Waals surface area contributed by atoms with E-state index in [1.54, 1.807) is 7.11 Å². The molecule has 4 N–H and O–H groups in total. The monoisotopic (exact) mass is 228 g/mol. The van der Waals surface area contributed by atoms with Gasteiger partial charge in [0, 0.05) is 17.8 Å². The number of ether oxygens (including phenoxy) is 1. The molecule has 2 aromatic rings. The minimum atomic E-state index is 0.549. The van der Waals surface area contributed by atoms with Gasteiger partial charge >= 0.3 is 0 Å². The molecule has 0 unspecified atom stereocenters. The van der Waals surface area contributed by atoms with Gasteiger partial charge in [-0.15, -0.1) is 0 Å². The minimum absolute atomic E-state index is 0.549. The summed E-state index contributed by atoms with van der Waals surface area (Å²) in [7, 11) is 1.65. The van der Waals surface area contributed by atoms with Crippen molar-refractivity contribution in [3.8, 4) is 16.9 Å². The summed E-state index contributed by atoms with van der Waals surface area (Å²) in [6, 6.07) is 13.7. The van der Waals surface area contributed by atoms with E-state index in [0.717, 1.165) is 28.1 Å². The van der Waals surface area contributed by atoms with E-state index in [1.165, 1.54) is 0 Å². The Labute approximate surface area is 101 Å². The van der Waals surface area contributed by atoms with E-state index in [1.807, 2.05) is 42.5 Å². The van der Waals surface area contributed by atoms with Crippen LogP contribution >= 0.6 is 0 Å². The topological polar surface area (TPSA) is 61.3 Å². The molecule has 0 aliphatic carbocycles. The zero-order chi connectivity index (χ0) is 12.3. The van der Waals surface area contributed by atoms with E-state index < -0.39 is 0 Å². The lowest BCUT2D eigenvalue weighted by Crippen LogP contribution is -1.96. The number of hydrogen-bond donors (Lipinski definition) is 2. The van der Waals surface area contributed by atoms with Crippen LogP contribution in [0.2, 0.25) is 0 Å². The average molecular weight is 228 g/mol. The third-order valence-corrected chi connectivity index (χ3v) is 2.76. The number of nitrogen functional groups attached to an aromatic ring is 1. The van der Waals surface area contributed by atoms with Crippen LogP contribution in [-0.4, -0.2) is 7.11 Å². The standard InChI is InChI=1S/C14H16N2O/c1-17-12-6-7-14(16)13(8-12)11-4-2-10(9-15)3-5-11/h2-8H,9,15-16H2,1H3. The molecule has 2 rings (SSSR count). The highest BCUT2D eigenvalue weighted by Gasteiger charge is 2.04. The van der Waals surface area contributed by atoms with Gasteiger partial charge in [0.15, 0.2) is 0 Å². The van der Waals surface area contributed by atoms with Gasteiger partial charge in [-0.05, 0) is 29.3 Å². The summed E-state index contributed by atoms with van der Waals surface area (Å²) < 4.78 is 5.20. The van der Waals surface area contributed by atoms with Crippen molar-refractivity contribution < 1.29 is 4.74 Å². The lowest BCUT2D eigenvalue weighted by Gasteiger charge is -2.09. The Kier molecular flexibility index (Phi) is 3.30. The van der Waals surface area contributed by atoms with Crippen molar-refractivity contribution in [3.63, 3.8) is 0 Å². The second kappa shape index (κ2) is 4.89. The highest BCUT2D eigenvalue weighted by molar-refractivity contribution is 5.77. The van der Waals surface area contributed by atoms with E-state index >= 15 is 0 Å². The smallest absolute Gasteiger partial charge is 0.119 e. The number of hydrogen-bond acceptors (Lipinski definition) is 3. The molecule has 0 bridgehead atoms. The molecule has 0 aliphatic rings. The first kappa shape index (κ1) is 11.5. The molecule has 17 heavy (non-hydrogen) atoms. The van der Waals surface area contributed by atoms with E-state index in [4.69, 9.17) is 16.2 Å². The molecule has 2 aromatic carbocycles. The van der Waals surface area contributed by atoms with Crippen LogP contribution in [-0.2, 0) is 6.54 Å². The maximum Gasteiger partial charge on any atom is 0.119 e. The SMILES string of the molecule is COc1ccc(N)c(-c2ccc(CN)cc2)c1. The Morgan fingerprint density at radius 3 is 2.35 bits per heavy atom. The molecule has 0 aromatic heterocycles. The third kappa shape index (κ3) is 2.40. The van der Waals surface area contributed by atoms with E-state index in [9.17, 15) is 0 Å². The van der Waals surface area contributed by atoms with Crippen LogP contribution in [0.25, 0.3) is 11.1 Å². The zero-order valence-corrected chi connectivity index (χ0v) is 9.81. The Balaban J connectivity index is 2.43. The molecule has 0 aliphatic heterocycles. The molecule has 0 spiro atoms. The Hall–Kier alpha value is -2.00. The van der Waals surface area contributed by atoms with Crippen LogP contribution in [0.5, 0.6) is 5.75 Å². The predicted molar refractivity (Wildman–Crippen MR) is 70.7 cm³/mol. The number of anilines is 1. The minimum Gasteiger partial charge on any atom is -0.497 e. The molecule has 0 saturated heterocycles. The van der Waals surface area contributed by atoms with Crippen LogP contribution in [0, 0.1) is 0 Å². The summed E-state index contributed by atoms with van der Waals surface area (Å²) in [4.78, 5) is 0. The summed E-state index contributed by atoms with van der Waals surface area (Å²) >= 11 is 0. The Bertz CT molecular complexity index is 506. The van der Waals surface area contributed by atoms with Crippen LogP contribution in [0.3, 0.4) is 0 Å². The van der Waals surface area contributed by atoms with Gasteiger partial charge in [-0.25, -0.2) is 0 Å². The number of methoxy groups -OCH3 is 1. The van der Waals surface area contributed by atoms with Crippen molar-refractivity contribution in [1.82, 2.24) is 0 Å². The molecular formula is C14H16N2O. The molecule has 0 atom stereocenters. The van der Waals surface area contributed by atoms with Gasteiger partial charge < -0.3 is 16.2 Å². The van der Waals surface area contributed by atoms with E-state index in [2.05, 4.69) is 0 Å². The molecule has 88 valence electrons. The largest absolute Gasteiger partial charge is 0.497 e. The van der Waals surface area contributed by atoms with Gasteiger partial charge in [0.05, 0.1) is 7.11 Å². The fourth-order valence-electron chi connectivity index (χ4n) is 1.73. The van der Waals surface area contributed by atoms with Crippen molar-refractivity contribution in [2.75, 3.05) is 12.8 Å². The van der Waals surface area contributed by atoms with Gasteiger partial charge in [-0.2, -0.15) is 0 Å². The van der Waals surface area contributed by atoms with Crippen molar-refractivity contribution >= 4 is 5.69 Å². The fraction of sp³-hybridized carbons (Fsp3) is 0.143. The highest BCUT2D eigenvalue weighted by atomic mass is 16.5. The zero-order valence-electron chi connectivity index (χ0n) is 9.81. The molecule has 0 fully saturated rings. The van der Waals surface area contributed by atoms with Crippen LogP contribution in [0.4, 0.5) is 5.69 Å². The van der Waals surface area contributed by atoms with Crippen LogP contribution in [0.15, 0.2) is 42.5 Å². The molecular weight excluding hydrogens is 212 g/mol. The predicted octanol–water partition coefficient (Wildman–Crippen LogP) is 2.40. The van der Waals surface area contributed by atoms with Crippen molar-refractivity contribution in [2.45, 2.75) is 6.54 Å². The first-order valence-electron chi connectivity index (χ1n) is 5.47. The third-order valence-electron chi connectivity index (χ3n) is 2.76. The lowest BCUT2D eigenvalue weighted by molar-refractivity contribution is 0.415. The quantitative estimate of drug-likeness (QED) is 0.793. The molecule has 0 amide bonds. The van der Waals surface area contributed by atoms with Gasteiger partial charge in [-0.1, -0.05) is 24.3 Å². The molecule has 3 heteroatoms. The van der Waals surface area contributed by atoms with Crippen molar-refractivity contribution in [1.29, 1.82) is 0 Å². The maximum atomic E-state index is 5.97. The molecule has 0 saturated carbocycles. The molecule has 0 heterocycles. The Morgan fingerprint density at radius 1 is 1.06 bits per heavy atom. The van der Waals surface area contributed by atoms with Gasteiger partial charge in [0.1, 0.15) is 5.75 Å². The maximum absolute atomic E-state index is 5.97. The van der Waals surface area contributed by atoms with Crippen molar-refractivity contribution in [2.24, 2.45) is 5.73 Å². The summed E-state index contributed by atoms with van der Waals surface area (Å²) in [6.45, 7) is 0.549. The fourth-order valence-corrected chi connectivity index (χ4v) is 1.73. The summed E-state index contributed by atoms with van der Waals surface area (Å²) in [6.07, 6.45) is 0. The first-order valence-corrected chi connectivity index (χ1v) is 5.47. The molecule has 0 radical (unpaired) electrons. The normalized spacial score (nSPS) is 10.2. The highest BCUT2D eigenvalue weighted by Crippen LogP contribution is 2.29. The summed E-state index contributed by atoms with van der Waals surface area (Å²) in [5.41, 5.74) is 15.4. The molecule has 3 nitrogen and oxygen atoms in total. The van der Waals surface area contributed by atoms with Gasteiger partial charge in [0.2, 0.25) is 0 Å². The average Bonchev–Trinajstić information content (AvgIpc) is 2.39. The number of benzene rings is 2. The van der Waals surface area contributed by atoms with Crippen LogP contribution in [0.1, 0.15) is 5.56 Å². The van der Waals surface area contributed by atoms with Crippen molar-refractivity contribution in [3.05, 3.63) is 48.0 Å². The number of rotatable bonds is 3. The second-order valence-electron chi connectivity index (χ2n) is 3.85. The van der Waals surface area contributed by atoms with E-state index in [0.29, 0.717) is 6.54 Å². The first-order chi connectivity index (χ1) is 8.24.